The van der Waals surface area contributed by atoms with Crippen LogP contribution in [-0.2, 0) is 0 Å². The molecule has 2 atom stereocenters. The minimum atomic E-state index is -0.295. The summed E-state index contributed by atoms with van der Waals surface area (Å²) in [6, 6.07) is 6.60. The molecule has 1 aliphatic carbocycles. The maximum absolute atomic E-state index is 13.3. The van der Waals surface area contributed by atoms with Crippen LogP contribution < -0.4 is 5.73 Å². The number of hydrogen-bond donors (Lipinski definition) is 2. The molecule has 2 aromatic rings. The zero-order chi connectivity index (χ0) is 15.7. The predicted octanol–water partition coefficient (Wildman–Crippen LogP) is 3.04. The van der Waals surface area contributed by atoms with E-state index in [1.165, 1.54) is 12.1 Å². The number of nitrogens with one attached hydrogen (secondary N) is 1. The van der Waals surface area contributed by atoms with Gasteiger partial charge in [-0.05, 0) is 56.9 Å². The van der Waals surface area contributed by atoms with Gasteiger partial charge in [-0.1, -0.05) is 0 Å². The Bertz CT molecular complexity index is 682. The Morgan fingerprint density at radius 1 is 1.41 bits per heavy atom. The van der Waals surface area contributed by atoms with Gasteiger partial charge in [0.2, 0.25) is 0 Å². The molecule has 3 rings (SSSR count). The van der Waals surface area contributed by atoms with Crippen molar-refractivity contribution >= 4 is 16.8 Å². The van der Waals surface area contributed by atoms with E-state index in [1.807, 2.05) is 11.8 Å². The molecule has 0 saturated heterocycles. The van der Waals surface area contributed by atoms with E-state index in [9.17, 15) is 9.18 Å². The van der Waals surface area contributed by atoms with E-state index in [2.05, 4.69) is 4.98 Å². The summed E-state index contributed by atoms with van der Waals surface area (Å²) in [6.45, 7) is 2.64. The largest absolute Gasteiger partial charge is 0.351 e. The standard InChI is InChI=1S/C17H22FN3O/c1-2-21(14-5-3-4-13(19)10-14)17(22)16-9-11-8-12(18)6-7-15(11)20-16/h6-9,13-14,20H,2-5,10,19H2,1H3/t13-,14+/m1/s1. The zero-order valence-corrected chi connectivity index (χ0v) is 12.8. The first-order chi connectivity index (χ1) is 10.6. The SMILES string of the molecule is CCN(C(=O)c1cc2cc(F)ccc2[nH]1)[C@H]1CCC[C@@H](N)C1. The second-order valence-electron chi connectivity index (χ2n) is 6.09. The lowest BCUT2D eigenvalue weighted by Gasteiger charge is -2.35. The molecule has 0 radical (unpaired) electrons. The van der Waals surface area contributed by atoms with E-state index < -0.39 is 0 Å². The highest BCUT2D eigenvalue weighted by Gasteiger charge is 2.28. The van der Waals surface area contributed by atoms with Crippen LogP contribution in [0, 0.1) is 5.82 Å². The number of nitrogens with zero attached hydrogens (tertiary/aromatic N) is 1. The third kappa shape index (κ3) is 2.86. The molecule has 1 heterocycles. The highest BCUT2D eigenvalue weighted by Crippen LogP contribution is 2.24. The topological polar surface area (TPSA) is 62.1 Å². The predicted molar refractivity (Wildman–Crippen MR) is 85.2 cm³/mol. The van der Waals surface area contributed by atoms with Gasteiger partial charge in [0.25, 0.3) is 5.91 Å². The van der Waals surface area contributed by atoms with Crippen LogP contribution in [0.2, 0.25) is 0 Å². The Balaban J connectivity index is 1.85. The van der Waals surface area contributed by atoms with Crippen LogP contribution in [0.3, 0.4) is 0 Å². The molecule has 0 unspecified atom stereocenters. The Morgan fingerprint density at radius 2 is 2.23 bits per heavy atom. The lowest BCUT2D eigenvalue weighted by atomic mass is 9.90. The molecule has 1 aromatic heterocycles. The van der Waals surface area contributed by atoms with Crippen LogP contribution in [0.25, 0.3) is 10.9 Å². The number of hydrogen-bond acceptors (Lipinski definition) is 2. The number of aromatic amines is 1. The normalized spacial score (nSPS) is 22.0. The summed E-state index contributed by atoms with van der Waals surface area (Å²) in [7, 11) is 0. The number of fused-ring (bicyclic) bond motifs is 1. The van der Waals surface area contributed by atoms with Gasteiger partial charge in [-0.25, -0.2) is 4.39 Å². The molecule has 4 nitrogen and oxygen atoms in total. The lowest BCUT2D eigenvalue weighted by molar-refractivity contribution is 0.0633. The fourth-order valence-corrected chi connectivity index (χ4v) is 3.42. The number of carbonyl (C=O) groups is 1. The van der Waals surface area contributed by atoms with Crippen molar-refractivity contribution < 1.29 is 9.18 Å². The monoisotopic (exact) mass is 303 g/mol. The number of amides is 1. The Morgan fingerprint density at radius 3 is 2.95 bits per heavy atom. The molecule has 3 N–H and O–H groups in total. The van der Waals surface area contributed by atoms with Crippen LogP contribution in [0.5, 0.6) is 0 Å². The Hall–Kier alpha value is -1.88. The van der Waals surface area contributed by atoms with Crippen molar-refractivity contribution in [2.24, 2.45) is 5.73 Å². The molecule has 0 bridgehead atoms. The van der Waals surface area contributed by atoms with Gasteiger partial charge in [-0.2, -0.15) is 0 Å². The summed E-state index contributed by atoms with van der Waals surface area (Å²) >= 11 is 0. The second kappa shape index (κ2) is 6.08. The molecule has 1 aromatic carbocycles. The van der Waals surface area contributed by atoms with Crippen molar-refractivity contribution in [3.8, 4) is 0 Å². The molecule has 118 valence electrons. The van der Waals surface area contributed by atoms with Gasteiger partial charge in [0, 0.05) is 29.5 Å². The number of aromatic nitrogens is 1. The molecule has 0 spiro atoms. The fraction of sp³-hybridized carbons (Fsp3) is 0.471. The van der Waals surface area contributed by atoms with E-state index in [0.29, 0.717) is 12.2 Å². The number of H-pyrrole nitrogens is 1. The van der Waals surface area contributed by atoms with Crippen molar-refractivity contribution in [2.45, 2.75) is 44.7 Å². The lowest BCUT2D eigenvalue weighted by Crippen LogP contribution is -2.45. The van der Waals surface area contributed by atoms with Crippen molar-refractivity contribution in [3.63, 3.8) is 0 Å². The third-order valence-electron chi connectivity index (χ3n) is 4.54. The molecular formula is C17H22FN3O. The highest BCUT2D eigenvalue weighted by molar-refractivity contribution is 5.98. The van der Waals surface area contributed by atoms with E-state index in [-0.39, 0.29) is 23.8 Å². The van der Waals surface area contributed by atoms with Crippen LogP contribution in [0.15, 0.2) is 24.3 Å². The molecule has 22 heavy (non-hydrogen) atoms. The van der Waals surface area contributed by atoms with Crippen LogP contribution in [-0.4, -0.2) is 34.4 Å². The van der Waals surface area contributed by atoms with Gasteiger partial charge >= 0.3 is 0 Å². The van der Waals surface area contributed by atoms with Crippen LogP contribution in [0.1, 0.15) is 43.1 Å². The molecule has 1 saturated carbocycles. The number of benzene rings is 1. The van der Waals surface area contributed by atoms with Gasteiger partial charge in [-0.3, -0.25) is 4.79 Å². The summed E-state index contributed by atoms with van der Waals surface area (Å²) in [5, 5.41) is 0.722. The molecular weight excluding hydrogens is 281 g/mol. The van der Waals surface area contributed by atoms with Crippen molar-refractivity contribution in [1.82, 2.24) is 9.88 Å². The summed E-state index contributed by atoms with van der Waals surface area (Å²) in [5.74, 6) is -0.325. The summed E-state index contributed by atoms with van der Waals surface area (Å²) in [4.78, 5) is 17.8. The molecule has 1 amide bonds. The van der Waals surface area contributed by atoms with E-state index in [0.717, 1.165) is 36.6 Å². The number of halogens is 1. The average molecular weight is 303 g/mol. The quantitative estimate of drug-likeness (QED) is 0.915. The summed E-state index contributed by atoms with van der Waals surface area (Å²) in [5.41, 5.74) is 7.34. The van der Waals surface area contributed by atoms with Crippen molar-refractivity contribution in [1.29, 1.82) is 0 Å². The highest BCUT2D eigenvalue weighted by atomic mass is 19.1. The van der Waals surface area contributed by atoms with E-state index >= 15 is 0 Å². The first kappa shape index (κ1) is 15.0. The molecule has 0 aliphatic heterocycles. The molecule has 1 aliphatic rings. The van der Waals surface area contributed by atoms with Crippen molar-refractivity contribution in [2.75, 3.05) is 6.54 Å². The first-order valence-corrected chi connectivity index (χ1v) is 7.93. The third-order valence-corrected chi connectivity index (χ3v) is 4.54. The molecule has 5 heteroatoms. The van der Waals surface area contributed by atoms with Crippen LogP contribution in [0.4, 0.5) is 4.39 Å². The first-order valence-electron chi connectivity index (χ1n) is 7.93. The minimum Gasteiger partial charge on any atom is -0.351 e. The van der Waals surface area contributed by atoms with Crippen molar-refractivity contribution in [3.05, 3.63) is 35.8 Å². The maximum atomic E-state index is 13.3. The van der Waals surface area contributed by atoms with Gasteiger partial charge in [-0.15, -0.1) is 0 Å². The summed E-state index contributed by atoms with van der Waals surface area (Å²) < 4.78 is 13.3. The minimum absolute atomic E-state index is 0.0294. The molecule has 1 fully saturated rings. The summed E-state index contributed by atoms with van der Waals surface area (Å²) in [6.07, 6.45) is 3.96. The fourth-order valence-electron chi connectivity index (χ4n) is 3.42. The van der Waals surface area contributed by atoms with Gasteiger partial charge < -0.3 is 15.6 Å². The van der Waals surface area contributed by atoms with Gasteiger partial charge in [0.1, 0.15) is 11.5 Å². The average Bonchev–Trinajstić information content (AvgIpc) is 2.91. The van der Waals surface area contributed by atoms with Crippen LogP contribution >= 0.6 is 0 Å². The van der Waals surface area contributed by atoms with Gasteiger partial charge in [0.05, 0.1) is 0 Å². The Labute approximate surface area is 129 Å². The second-order valence-corrected chi connectivity index (χ2v) is 6.09. The van der Waals surface area contributed by atoms with E-state index in [4.69, 9.17) is 5.73 Å². The van der Waals surface area contributed by atoms with Gasteiger partial charge in [0.15, 0.2) is 0 Å². The number of nitrogens with two attached hydrogens (primary N) is 1. The van der Waals surface area contributed by atoms with E-state index in [1.54, 1.807) is 12.1 Å². The zero-order valence-electron chi connectivity index (χ0n) is 12.8. The number of carbonyl (C=O) groups excluding carboxylic acids is 1. The number of rotatable bonds is 3. The Kier molecular flexibility index (Phi) is 4.16. The maximum Gasteiger partial charge on any atom is 0.270 e. The smallest absolute Gasteiger partial charge is 0.270 e.